The van der Waals surface area contributed by atoms with Crippen LogP contribution in [-0.2, 0) is 0 Å². The van der Waals surface area contributed by atoms with Crippen LogP contribution in [0.5, 0.6) is 11.5 Å². The molecule has 0 radical (unpaired) electrons. The zero-order chi connectivity index (χ0) is 37.7. The summed E-state index contributed by atoms with van der Waals surface area (Å²) in [5, 5.41) is 0. The summed E-state index contributed by atoms with van der Waals surface area (Å²) in [5.74, 6) is 2.62. The second-order valence-electron chi connectivity index (χ2n) is 17.2. The summed E-state index contributed by atoms with van der Waals surface area (Å²) in [6.45, 7) is 9.08. The Morgan fingerprint density at radius 3 is 1.13 bits per heavy atom. The smallest absolute Gasteiger partial charge is 0.200 e. The summed E-state index contributed by atoms with van der Waals surface area (Å²) < 4.78 is 68.0. The van der Waals surface area contributed by atoms with Crippen LogP contribution >= 0.6 is 0 Å². The van der Waals surface area contributed by atoms with Crippen LogP contribution in [0.15, 0.2) is 24.3 Å². The quantitative estimate of drug-likeness (QED) is 0.190. The Morgan fingerprint density at radius 2 is 0.792 bits per heavy atom. The molecule has 6 rings (SSSR count). The highest BCUT2D eigenvalue weighted by Crippen LogP contribution is 2.47. The lowest BCUT2D eigenvalue weighted by molar-refractivity contribution is 0.155. The van der Waals surface area contributed by atoms with E-state index in [2.05, 4.69) is 13.8 Å². The van der Waals surface area contributed by atoms with E-state index in [1.165, 1.54) is 103 Å². The Balaban J connectivity index is 0.000000204. The largest absolute Gasteiger partial charge is 0.491 e. The number of halogens is 4. The molecule has 0 heterocycles. The molecule has 0 aromatic heterocycles. The third-order valence-corrected chi connectivity index (χ3v) is 13.8. The van der Waals surface area contributed by atoms with Gasteiger partial charge in [0.05, 0.1) is 13.2 Å². The van der Waals surface area contributed by atoms with Crippen molar-refractivity contribution in [1.29, 1.82) is 0 Å². The Hall–Kier alpha value is -2.24. The van der Waals surface area contributed by atoms with Crippen molar-refractivity contribution in [3.8, 4) is 11.5 Å². The van der Waals surface area contributed by atoms with Crippen molar-refractivity contribution >= 4 is 0 Å². The first-order chi connectivity index (χ1) is 25.8. The summed E-state index contributed by atoms with van der Waals surface area (Å²) in [5.41, 5.74) is 1.11. The minimum absolute atomic E-state index is 0.0336. The van der Waals surface area contributed by atoms with E-state index in [0.717, 1.165) is 67.6 Å². The first kappa shape index (κ1) is 41.9. The van der Waals surface area contributed by atoms with Crippen molar-refractivity contribution in [2.24, 2.45) is 35.5 Å². The van der Waals surface area contributed by atoms with Gasteiger partial charge in [-0.15, -0.1) is 0 Å². The van der Waals surface area contributed by atoms with Crippen LogP contribution in [0.2, 0.25) is 0 Å². The van der Waals surface area contributed by atoms with Crippen molar-refractivity contribution in [3.05, 3.63) is 58.7 Å². The predicted molar refractivity (Wildman–Crippen MR) is 210 cm³/mol. The molecule has 0 aliphatic heterocycles. The summed E-state index contributed by atoms with van der Waals surface area (Å²) in [4.78, 5) is 0. The van der Waals surface area contributed by atoms with Crippen LogP contribution in [0.25, 0.3) is 0 Å². The van der Waals surface area contributed by atoms with Gasteiger partial charge in [-0.25, -0.2) is 8.78 Å². The zero-order valence-electron chi connectivity index (χ0n) is 33.5. The number of hydrogen-bond acceptors (Lipinski definition) is 2. The highest BCUT2D eigenvalue weighted by atomic mass is 19.2. The van der Waals surface area contributed by atoms with Gasteiger partial charge in [0.2, 0.25) is 11.6 Å². The minimum Gasteiger partial charge on any atom is -0.491 e. The maximum Gasteiger partial charge on any atom is 0.200 e. The summed E-state index contributed by atoms with van der Waals surface area (Å²) in [6.07, 6.45) is 26.0. The molecule has 0 saturated heterocycles. The number of ether oxygens (including phenoxy) is 2. The van der Waals surface area contributed by atoms with E-state index in [1.807, 2.05) is 6.92 Å². The van der Waals surface area contributed by atoms with Crippen LogP contribution in [0.3, 0.4) is 0 Å². The Bertz CT molecular complexity index is 1360. The van der Waals surface area contributed by atoms with Gasteiger partial charge in [0.25, 0.3) is 0 Å². The van der Waals surface area contributed by atoms with Crippen LogP contribution in [0.1, 0.15) is 185 Å². The average molecular weight is 743 g/mol. The van der Waals surface area contributed by atoms with E-state index >= 15 is 0 Å². The Morgan fingerprint density at radius 1 is 0.434 bits per heavy atom. The van der Waals surface area contributed by atoms with Crippen LogP contribution in [-0.4, -0.2) is 13.2 Å². The van der Waals surface area contributed by atoms with E-state index in [-0.39, 0.29) is 23.3 Å². The third-order valence-electron chi connectivity index (χ3n) is 13.8. The maximum absolute atomic E-state index is 14.6. The lowest BCUT2D eigenvalue weighted by Crippen LogP contribution is -2.25. The topological polar surface area (TPSA) is 18.5 Å². The molecular formula is C47H70F4O2. The monoisotopic (exact) mass is 743 g/mol. The van der Waals surface area contributed by atoms with Gasteiger partial charge in [0.15, 0.2) is 23.1 Å². The molecule has 2 aromatic carbocycles. The van der Waals surface area contributed by atoms with Gasteiger partial charge in [0.1, 0.15) is 0 Å². The summed E-state index contributed by atoms with van der Waals surface area (Å²) in [7, 11) is 0. The third kappa shape index (κ3) is 11.2. The minimum atomic E-state index is -0.819. The first-order valence-corrected chi connectivity index (χ1v) is 22.0. The fourth-order valence-electron chi connectivity index (χ4n) is 10.8. The average Bonchev–Trinajstić information content (AvgIpc) is 3.19. The van der Waals surface area contributed by atoms with Crippen LogP contribution in [0, 0.1) is 58.8 Å². The molecule has 4 saturated carbocycles. The second-order valence-corrected chi connectivity index (χ2v) is 17.2. The van der Waals surface area contributed by atoms with Gasteiger partial charge in [-0.3, -0.25) is 0 Å². The van der Waals surface area contributed by atoms with Gasteiger partial charge in [-0.1, -0.05) is 84.3 Å². The molecule has 53 heavy (non-hydrogen) atoms. The number of rotatable bonds is 13. The zero-order valence-corrected chi connectivity index (χ0v) is 33.5. The first-order valence-electron chi connectivity index (χ1n) is 22.0. The molecule has 0 spiro atoms. The molecule has 4 aliphatic rings. The molecule has 0 N–H and O–H groups in total. The molecule has 0 unspecified atom stereocenters. The van der Waals surface area contributed by atoms with Crippen molar-refractivity contribution < 1.29 is 27.0 Å². The summed E-state index contributed by atoms with van der Waals surface area (Å²) >= 11 is 0. The van der Waals surface area contributed by atoms with Crippen LogP contribution < -0.4 is 9.47 Å². The van der Waals surface area contributed by atoms with Crippen molar-refractivity contribution in [2.75, 3.05) is 13.2 Å². The van der Waals surface area contributed by atoms with Crippen molar-refractivity contribution in [2.45, 2.75) is 174 Å². The van der Waals surface area contributed by atoms with Gasteiger partial charge < -0.3 is 9.47 Å². The predicted octanol–water partition coefficient (Wildman–Crippen LogP) is 14.9. The fraction of sp³-hybridized carbons (Fsp3) is 0.745. The molecule has 298 valence electrons. The molecule has 4 fully saturated rings. The number of hydrogen-bond donors (Lipinski definition) is 0. The molecule has 4 aliphatic carbocycles. The highest BCUT2D eigenvalue weighted by Gasteiger charge is 2.34. The van der Waals surface area contributed by atoms with E-state index in [0.29, 0.717) is 24.3 Å². The molecule has 0 atom stereocenters. The standard InChI is InChI=1S/C24H36F2O.C23H34F2O/c1-3-5-17-6-8-18(9-7-17)19-10-12-20(13-11-19)21-14-15-22(27-16-4-2)24(26)23(21)25;1-3-5-16-6-8-17(9-7-16)18-10-12-19(13-11-18)20-14-15-21(26-4-2)23(25)22(20)24/h14-15,17-20H,3-13,16H2,1-2H3;14-19H,3-13H2,1-2H3. The van der Waals surface area contributed by atoms with Gasteiger partial charge >= 0.3 is 0 Å². The van der Waals surface area contributed by atoms with E-state index in [4.69, 9.17) is 9.47 Å². The molecule has 0 bridgehead atoms. The molecular weight excluding hydrogens is 673 g/mol. The second kappa shape index (κ2) is 21.2. The van der Waals surface area contributed by atoms with E-state index in [1.54, 1.807) is 31.2 Å². The Labute approximate surface area is 319 Å². The van der Waals surface area contributed by atoms with E-state index < -0.39 is 23.3 Å². The number of benzene rings is 2. The fourth-order valence-corrected chi connectivity index (χ4v) is 10.8. The summed E-state index contributed by atoms with van der Waals surface area (Å²) in [6, 6.07) is 6.71. The molecule has 6 heteroatoms. The maximum atomic E-state index is 14.6. The molecule has 0 amide bonds. The highest BCUT2D eigenvalue weighted by molar-refractivity contribution is 5.34. The Kier molecular flexibility index (Phi) is 16.7. The van der Waals surface area contributed by atoms with Gasteiger partial charge in [-0.2, -0.15) is 8.78 Å². The van der Waals surface area contributed by atoms with Gasteiger partial charge in [-0.05, 0) is 161 Å². The van der Waals surface area contributed by atoms with E-state index in [9.17, 15) is 17.6 Å². The molecule has 2 nitrogen and oxygen atoms in total. The van der Waals surface area contributed by atoms with Crippen LogP contribution in [0.4, 0.5) is 17.6 Å². The normalized spacial score (nSPS) is 29.2. The SMILES string of the molecule is CCCC1CCC(C2CCC(c3ccc(OCC)c(F)c3F)CC2)CC1.CCCOc1ccc(C2CCC(C3CCC(CCC)CC3)CC2)c(F)c1F. The van der Waals surface area contributed by atoms with Gasteiger partial charge in [0, 0.05) is 0 Å². The molecule has 2 aromatic rings. The lowest BCUT2D eigenvalue weighted by Gasteiger charge is -2.38. The lowest BCUT2D eigenvalue weighted by atomic mass is 9.68. The van der Waals surface area contributed by atoms with Crippen molar-refractivity contribution in [1.82, 2.24) is 0 Å². The van der Waals surface area contributed by atoms with Crippen molar-refractivity contribution in [3.63, 3.8) is 0 Å².